The molecule has 0 spiro atoms. The zero-order chi connectivity index (χ0) is 13.1. The van der Waals surface area contributed by atoms with Crippen molar-refractivity contribution in [1.29, 1.82) is 0 Å². The molecule has 19 heavy (non-hydrogen) atoms. The maximum absolute atomic E-state index is 5.81. The number of thiophene rings is 1. The highest BCUT2D eigenvalue weighted by Gasteiger charge is 2.03. The van der Waals surface area contributed by atoms with Crippen molar-refractivity contribution in [2.75, 3.05) is 11.9 Å². The van der Waals surface area contributed by atoms with Gasteiger partial charge in [-0.05, 0) is 28.8 Å². The summed E-state index contributed by atoms with van der Waals surface area (Å²) in [5, 5.41) is 7.28. The Morgan fingerprint density at radius 2 is 2.11 bits per heavy atom. The number of halogens is 1. The quantitative estimate of drug-likeness (QED) is 0.738. The van der Waals surface area contributed by atoms with Gasteiger partial charge in [0.15, 0.2) is 0 Å². The van der Waals surface area contributed by atoms with Crippen LogP contribution in [0, 0.1) is 0 Å². The monoisotopic (exact) mass is 289 g/mol. The fourth-order valence-electron chi connectivity index (χ4n) is 1.98. The summed E-state index contributed by atoms with van der Waals surface area (Å²) in [5.74, 6) is 0.763. The summed E-state index contributed by atoms with van der Waals surface area (Å²) < 4.78 is 1.34. The van der Waals surface area contributed by atoms with E-state index < -0.39 is 0 Å². The molecule has 1 N–H and O–H groups in total. The third-order valence-electron chi connectivity index (χ3n) is 2.90. The van der Waals surface area contributed by atoms with E-state index in [9.17, 15) is 0 Å². The largest absolute Gasteiger partial charge is 0.370 e. The van der Waals surface area contributed by atoms with Crippen LogP contribution in [0.3, 0.4) is 0 Å². The van der Waals surface area contributed by atoms with Crippen molar-refractivity contribution in [3.63, 3.8) is 0 Å². The lowest BCUT2D eigenvalue weighted by Crippen LogP contribution is -2.06. The molecule has 96 valence electrons. The molecule has 2 aromatic heterocycles. The van der Waals surface area contributed by atoms with Gasteiger partial charge in [-0.3, -0.25) is 0 Å². The van der Waals surface area contributed by atoms with Crippen LogP contribution in [0.15, 0.2) is 42.0 Å². The minimum atomic E-state index is 0.457. The number of anilines is 1. The second-order valence-electron chi connectivity index (χ2n) is 4.16. The number of nitrogens with zero attached hydrogens (tertiary/aromatic N) is 2. The molecule has 0 bridgehead atoms. The molecule has 0 aliphatic carbocycles. The molecule has 0 saturated carbocycles. The first kappa shape index (κ1) is 12.4. The average molecular weight is 290 g/mol. The Morgan fingerprint density at radius 3 is 3.00 bits per heavy atom. The second-order valence-corrected chi connectivity index (χ2v) is 5.46. The van der Waals surface area contributed by atoms with Gasteiger partial charge in [0.05, 0.1) is 0 Å². The molecule has 0 amide bonds. The Morgan fingerprint density at radius 1 is 1.21 bits per heavy atom. The van der Waals surface area contributed by atoms with Crippen molar-refractivity contribution >= 4 is 38.8 Å². The normalized spacial score (nSPS) is 10.8. The van der Waals surface area contributed by atoms with E-state index >= 15 is 0 Å². The third kappa shape index (κ3) is 2.85. The number of benzene rings is 1. The van der Waals surface area contributed by atoms with Gasteiger partial charge in [0, 0.05) is 17.3 Å². The number of aromatic nitrogens is 2. The molecule has 0 aliphatic rings. The molecular weight excluding hydrogens is 278 g/mol. The highest BCUT2D eigenvalue weighted by molar-refractivity contribution is 7.17. The van der Waals surface area contributed by atoms with Crippen LogP contribution in [0.5, 0.6) is 0 Å². The van der Waals surface area contributed by atoms with Crippen molar-refractivity contribution in [2.45, 2.75) is 6.42 Å². The summed E-state index contributed by atoms with van der Waals surface area (Å²) in [6.45, 7) is 0.827. The number of hydrogen-bond acceptors (Lipinski definition) is 4. The molecule has 3 rings (SSSR count). The molecular formula is C14H12ClN3S. The zero-order valence-corrected chi connectivity index (χ0v) is 11.7. The first-order chi connectivity index (χ1) is 9.33. The van der Waals surface area contributed by atoms with E-state index in [-0.39, 0.29) is 0 Å². The minimum Gasteiger partial charge on any atom is -0.370 e. The predicted octanol–water partition coefficient (Wildman–Crippen LogP) is 4.00. The van der Waals surface area contributed by atoms with E-state index in [0.29, 0.717) is 5.15 Å². The Balaban J connectivity index is 1.66. The lowest BCUT2D eigenvalue weighted by atomic mass is 10.1. The highest BCUT2D eigenvalue weighted by Crippen LogP contribution is 2.25. The van der Waals surface area contributed by atoms with E-state index in [0.717, 1.165) is 18.8 Å². The van der Waals surface area contributed by atoms with Gasteiger partial charge in [0.25, 0.3) is 0 Å². The van der Waals surface area contributed by atoms with E-state index in [1.54, 1.807) is 17.4 Å². The molecule has 2 heterocycles. The lowest BCUT2D eigenvalue weighted by molar-refractivity contribution is 1.01. The van der Waals surface area contributed by atoms with Crippen LogP contribution in [0.25, 0.3) is 10.1 Å². The summed E-state index contributed by atoms with van der Waals surface area (Å²) in [6.07, 6.45) is 2.43. The number of rotatable bonds is 4. The Hall–Kier alpha value is -1.65. The maximum Gasteiger partial charge on any atom is 0.134 e. The molecule has 0 fully saturated rings. The molecule has 0 unspecified atom stereocenters. The maximum atomic E-state index is 5.81. The summed E-state index contributed by atoms with van der Waals surface area (Å²) in [5.41, 5.74) is 1.37. The fraction of sp³-hybridized carbons (Fsp3) is 0.143. The smallest absolute Gasteiger partial charge is 0.134 e. The van der Waals surface area contributed by atoms with Crippen molar-refractivity contribution in [1.82, 2.24) is 9.97 Å². The predicted molar refractivity (Wildman–Crippen MR) is 81.1 cm³/mol. The van der Waals surface area contributed by atoms with Crippen molar-refractivity contribution < 1.29 is 0 Å². The van der Waals surface area contributed by atoms with Crippen LogP contribution in [-0.4, -0.2) is 16.5 Å². The van der Waals surface area contributed by atoms with E-state index in [4.69, 9.17) is 11.6 Å². The molecule has 0 radical (unpaired) electrons. The van der Waals surface area contributed by atoms with Gasteiger partial charge in [-0.15, -0.1) is 11.3 Å². The van der Waals surface area contributed by atoms with Gasteiger partial charge in [0.2, 0.25) is 0 Å². The molecule has 3 aromatic rings. The molecule has 0 aliphatic heterocycles. The first-order valence-corrected chi connectivity index (χ1v) is 7.25. The Kier molecular flexibility index (Phi) is 3.62. The summed E-state index contributed by atoms with van der Waals surface area (Å²) in [4.78, 5) is 7.97. The fourth-order valence-corrected chi connectivity index (χ4v) is 3.13. The van der Waals surface area contributed by atoms with Gasteiger partial charge >= 0.3 is 0 Å². The molecule has 5 heteroatoms. The van der Waals surface area contributed by atoms with Gasteiger partial charge in [-0.2, -0.15) is 0 Å². The average Bonchev–Trinajstić information content (AvgIpc) is 2.83. The highest BCUT2D eigenvalue weighted by atomic mass is 35.5. The van der Waals surface area contributed by atoms with Gasteiger partial charge in [-0.1, -0.05) is 29.8 Å². The molecule has 1 aromatic carbocycles. The second kappa shape index (κ2) is 5.55. The SMILES string of the molecule is Clc1cc(NCCc2csc3ccccc23)ncn1. The number of fused-ring (bicyclic) bond motifs is 1. The van der Waals surface area contributed by atoms with E-state index in [1.165, 1.54) is 22.0 Å². The van der Waals surface area contributed by atoms with Crippen LogP contribution in [0.2, 0.25) is 5.15 Å². The molecule has 0 saturated heterocycles. The van der Waals surface area contributed by atoms with Gasteiger partial charge in [0.1, 0.15) is 17.3 Å². The summed E-state index contributed by atoms with van der Waals surface area (Å²) in [6, 6.07) is 10.2. The van der Waals surface area contributed by atoms with Crippen LogP contribution in [-0.2, 0) is 6.42 Å². The van der Waals surface area contributed by atoms with Gasteiger partial charge in [-0.25, -0.2) is 9.97 Å². The van der Waals surface area contributed by atoms with Gasteiger partial charge < -0.3 is 5.32 Å². The molecule has 0 atom stereocenters. The minimum absolute atomic E-state index is 0.457. The Bertz CT molecular complexity index is 696. The summed E-state index contributed by atoms with van der Waals surface area (Å²) in [7, 11) is 0. The van der Waals surface area contributed by atoms with Crippen LogP contribution >= 0.6 is 22.9 Å². The lowest BCUT2D eigenvalue weighted by Gasteiger charge is -2.04. The zero-order valence-electron chi connectivity index (χ0n) is 10.1. The van der Waals surface area contributed by atoms with Crippen LogP contribution in [0.4, 0.5) is 5.82 Å². The van der Waals surface area contributed by atoms with Crippen molar-refractivity contribution in [2.24, 2.45) is 0 Å². The van der Waals surface area contributed by atoms with E-state index in [2.05, 4.69) is 44.9 Å². The van der Waals surface area contributed by atoms with E-state index in [1.807, 2.05) is 0 Å². The van der Waals surface area contributed by atoms with Crippen molar-refractivity contribution in [3.05, 3.63) is 52.8 Å². The standard InChI is InChI=1S/C14H12ClN3S/c15-13-7-14(18-9-17-13)16-6-5-10-8-19-12-4-2-1-3-11(10)12/h1-4,7-9H,5-6H2,(H,16,17,18). The number of hydrogen-bond donors (Lipinski definition) is 1. The summed E-state index contributed by atoms with van der Waals surface area (Å²) >= 11 is 7.60. The van der Waals surface area contributed by atoms with Crippen molar-refractivity contribution in [3.8, 4) is 0 Å². The Labute approximate surface area is 120 Å². The van der Waals surface area contributed by atoms with Crippen LogP contribution in [0.1, 0.15) is 5.56 Å². The topological polar surface area (TPSA) is 37.8 Å². The first-order valence-electron chi connectivity index (χ1n) is 5.99. The van der Waals surface area contributed by atoms with Crippen LogP contribution < -0.4 is 5.32 Å². The third-order valence-corrected chi connectivity index (χ3v) is 4.11. The number of nitrogens with one attached hydrogen (secondary N) is 1. The molecule has 3 nitrogen and oxygen atoms in total.